The van der Waals surface area contributed by atoms with Crippen molar-refractivity contribution in [3.63, 3.8) is 0 Å². The molecule has 0 atom stereocenters. The molecular formula is C31H25NO. The smallest absolute Gasteiger partial charge is 0.204 e. The maximum Gasteiger partial charge on any atom is 0.204 e. The Bertz CT molecular complexity index is 1120. The molecule has 0 N–H and O–H groups in total. The van der Waals surface area contributed by atoms with Crippen LogP contribution in [0.2, 0.25) is 0 Å². The van der Waals surface area contributed by atoms with E-state index < -0.39 is 0 Å². The predicted octanol–water partition coefficient (Wildman–Crippen LogP) is 6.68. The SMILES string of the molecule is [O-][n+]1c(C(c2ccccc2)c2ccccc2)cccc1C(c1ccccc1)c1ccccc1. The Morgan fingerprint density at radius 3 is 0.909 bits per heavy atom. The van der Waals surface area contributed by atoms with E-state index in [0.717, 1.165) is 38.4 Å². The number of pyridine rings is 1. The van der Waals surface area contributed by atoms with Crippen molar-refractivity contribution in [3.05, 3.63) is 178 Å². The molecule has 5 rings (SSSR count). The van der Waals surface area contributed by atoms with E-state index in [0.29, 0.717) is 0 Å². The second-order valence-electron chi connectivity index (χ2n) is 8.18. The van der Waals surface area contributed by atoms with E-state index in [1.165, 1.54) is 0 Å². The number of hydrogen-bond acceptors (Lipinski definition) is 1. The molecule has 1 aromatic heterocycles. The van der Waals surface area contributed by atoms with Crippen LogP contribution in [-0.4, -0.2) is 0 Å². The van der Waals surface area contributed by atoms with Crippen LogP contribution >= 0.6 is 0 Å². The summed E-state index contributed by atoms with van der Waals surface area (Å²) in [5.41, 5.74) is 5.84. The summed E-state index contributed by atoms with van der Waals surface area (Å²) in [4.78, 5) is 0. The highest BCUT2D eigenvalue weighted by Crippen LogP contribution is 2.33. The van der Waals surface area contributed by atoms with Gasteiger partial charge in [0.05, 0.1) is 11.8 Å². The number of benzene rings is 4. The van der Waals surface area contributed by atoms with Crippen LogP contribution in [0.1, 0.15) is 45.5 Å². The lowest BCUT2D eigenvalue weighted by atomic mass is 9.85. The van der Waals surface area contributed by atoms with E-state index in [2.05, 4.69) is 48.5 Å². The molecule has 0 saturated heterocycles. The predicted molar refractivity (Wildman–Crippen MR) is 133 cm³/mol. The lowest BCUT2D eigenvalue weighted by molar-refractivity contribution is -0.623. The van der Waals surface area contributed by atoms with Crippen LogP contribution < -0.4 is 4.73 Å². The zero-order valence-electron chi connectivity index (χ0n) is 18.3. The van der Waals surface area contributed by atoms with E-state index in [-0.39, 0.29) is 11.8 Å². The first kappa shape index (κ1) is 20.7. The third-order valence-electron chi connectivity index (χ3n) is 6.13. The molecule has 0 aliphatic heterocycles. The van der Waals surface area contributed by atoms with E-state index in [1.54, 1.807) is 0 Å². The number of nitrogens with zero attached hydrogens (tertiary/aromatic N) is 1. The van der Waals surface area contributed by atoms with Gasteiger partial charge in [0, 0.05) is 12.1 Å². The van der Waals surface area contributed by atoms with Crippen LogP contribution in [0.25, 0.3) is 0 Å². The van der Waals surface area contributed by atoms with Crippen molar-refractivity contribution in [3.8, 4) is 0 Å². The van der Waals surface area contributed by atoms with Gasteiger partial charge in [0.2, 0.25) is 11.4 Å². The zero-order valence-corrected chi connectivity index (χ0v) is 18.3. The minimum atomic E-state index is -0.156. The van der Waals surface area contributed by atoms with E-state index in [9.17, 15) is 5.21 Å². The van der Waals surface area contributed by atoms with Gasteiger partial charge < -0.3 is 5.21 Å². The molecule has 0 unspecified atom stereocenters. The molecule has 0 saturated carbocycles. The number of aromatic nitrogens is 1. The van der Waals surface area contributed by atoms with Crippen molar-refractivity contribution in [2.24, 2.45) is 0 Å². The average molecular weight is 428 g/mol. The Hall–Kier alpha value is -4.17. The van der Waals surface area contributed by atoms with Crippen molar-refractivity contribution >= 4 is 0 Å². The fraction of sp³-hybridized carbons (Fsp3) is 0.0645. The summed E-state index contributed by atoms with van der Waals surface area (Å²) in [6.07, 6.45) is 0. The molecule has 0 radical (unpaired) electrons. The Morgan fingerprint density at radius 2 is 0.636 bits per heavy atom. The zero-order chi connectivity index (χ0) is 22.5. The van der Waals surface area contributed by atoms with Crippen LogP contribution in [0.4, 0.5) is 0 Å². The quantitative estimate of drug-likeness (QED) is 0.219. The second kappa shape index (κ2) is 9.54. The van der Waals surface area contributed by atoms with E-state index in [1.807, 2.05) is 91.0 Å². The Balaban J connectivity index is 1.70. The van der Waals surface area contributed by atoms with Gasteiger partial charge in [0.1, 0.15) is 0 Å². The number of hydrogen-bond donors (Lipinski definition) is 0. The molecule has 1 heterocycles. The van der Waals surface area contributed by atoms with Crippen molar-refractivity contribution in [1.82, 2.24) is 0 Å². The first-order valence-corrected chi connectivity index (χ1v) is 11.2. The molecule has 2 nitrogen and oxygen atoms in total. The molecule has 0 fully saturated rings. The summed E-state index contributed by atoms with van der Waals surface area (Å²) in [5, 5.41) is 14.1. The van der Waals surface area contributed by atoms with Gasteiger partial charge >= 0.3 is 0 Å². The topological polar surface area (TPSA) is 26.9 Å². The molecule has 160 valence electrons. The number of rotatable bonds is 6. The third kappa shape index (κ3) is 4.28. The average Bonchev–Trinajstić information content (AvgIpc) is 2.89. The molecule has 0 bridgehead atoms. The maximum atomic E-state index is 14.1. The van der Waals surface area contributed by atoms with Gasteiger partial charge in [-0.25, -0.2) is 0 Å². The molecule has 0 aliphatic carbocycles. The van der Waals surface area contributed by atoms with Gasteiger partial charge in [-0.15, -0.1) is 0 Å². The molecule has 5 aromatic rings. The van der Waals surface area contributed by atoms with Crippen molar-refractivity contribution in [2.75, 3.05) is 0 Å². The minimum Gasteiger partial charge on any atom is -0.618 e. The summed E-state index contributed by atoms with van der Waals surface area (Å²) >= 11 is 0. The monoisotopic (exact) mass is 427 g/mol. The minimum absolute atomic E-state index is 0.156. The van der Waals surface area contributed by atoms with Gasteiger partial charge in [-0.05, 0) is 28.3 Å². The molecule has 0 aliphatic rings. The normalized spacial score (nSPS) is 11.1. The lowest BCUT2D eigenvalue weighted by Gasteiger charge is -2.22. The molecule has 4 aromatic carbocycles. The van der Waals surface area contributed by atoms with Gasteiger partial charge in [-0.1, -0.05) is 121 Å². The Kier molecular flexibility index (Phi) is 5.99. The molecule has 33 heavy (non-hydrogen) atoms. The highest BCUT2D eigenvalue weighted by Gasteiger charge is 2.30. The summed E-state index contributed by atoms with van der Waals surface area (Å²) in [6, 6.07) is 46.9. The van der Waals surface area contributed by atoms with E-state index >= 15 is 0 Å². The van der Waals surface area contributed by atoms with Gasteiger partial charge in [0.15, 0.2) is 0 Å². The van der Waals surface area contributed by atoms with E-state index in [4.69, 9.17) is 0 Å². The molecule has 0 amide bonds. The van der Waals surface area contributed by atoms with Gasteiger partial charge in [0.25, 0.3) is 0 Å². The lowest BCUT2D eigenvalue weighted by Crippen LogP contribution is -2.40. The second-order valence-corrected chi connectivity index (χ2v) is 8.18. The Labute approximate surface area is 195 Å². The summed E-state index contributed by atoms with van der Waals surface area (Å²) in [5.74, 6) is -0.311. The molecule has 0 spiro atoms. The van der Waals surface area contributed by atoms with Crippen LogP contribution in [0.3, 0.4) is 0 Å². The van der Waals surface area contributed by atoms with Crippen LogP contribution in [0, 0.1) is 5.21 Å². The standard InChI is InChI=1S/C31H25NO/c33-32-28(30(24-14-5-1-6-15-24)25-16-7-2-8-17-25)22-13-23-29(32)31(26-18-9-3-10-19-26)27-20-11-4-12-21-27/h1-23,30-31H. The van der Waals surface area contributed by atoms with Crippen LogP contribution in [0.5, 0.6) is 0 Å². The third-order valence-corrected chi connectivity index (χ3v) is 6.13. The first-order chi connectivity index (χ1) is 16.3. The largest absolute Gasteiger partial charge is 0.618 e. The van der Waals surface area contributed by atoms with Gasteiger partial charge in [-0.2, -0.15) is 4.73 Å². The summed E-state index contributed by atoms with van der Waals surface area (Å²) in [7, 11) is 0. The van der Waals surface area contributed by atoms with Crippen LogP contribution in [-0.2, 0) is 0 Å². The summed E-state index contributed by atoms with van der Waals surface area (Å²) in [6.45, 7) is 0. The van der Waals surface area contributed by atoms with Crippen molar-refractivity contribution < 1.29 is 4.73 Å². The summed E-state index contributed by atoms with van der Waals surface area (Å²) < 4.78 is 1.15. The highest BCUT2D eigenvalue weighted by atomic mass is 16.5. The fourth-order valence-electron chi connectivity index (χ4n) is 4.61. The first-order valence-electron chi connectivity index (χ1n) is 11.2. The fourth-order valence-corrected chi connectivity index (χ4v) is 4.61. The van der Waals surface area contributed by atoms with Crippen molar-refractivity contribution in [1.29, 1.82) is 0 Å². The maximum absolute atomic E-state index is 14.1. The Morgan fingerprint density at radius 1 is 0.364 bits per heavy atom. The molecule has 2 heteroatoms. The van der Waals surface area contributed by atoms with Gasteiger partial charge in [-0.3, -0.25) is 0 Å². The molecular weight excluding hydrogens is 402 g/mol. The highest BCUT2D eigenvalue weighted by molar-refractivity contribution is 5.42. The van der Waals surface area contributed by atoms with Crippen molar-refractivity contribution in [2.45, 2.75) is 11.8 Å². The van der Waals surface area contributed by atoms with Crippen LogP contribution in [0.15, 0.2) is 140 Å².